The fraction of sp³-hybridized carbons (Fsp3) is 0.0625. The van der Waals surface area contributed by atoms with Crippen LogP contribution in [-0.4, -0.2) is 25.1 Å². The van der Waals surface area contributed by atoms with Crippen molar-refractivity contribution in [1.82, 2.24) is 5.43 Å². The number of rotatable bonds is 4. The quantitative estimate of drug-likeness (QED) is 0.514. The largest absolute Gasteiger partial charge is 0.497 e. The monoisotopic (exact) mass is 315 g/mol. The molecule has 0 spiro atoms. The third kappa shape index (κ3) is 4.92. The number of hydrogen-bond acceptors (Lipinski definition) is 4. The Morgan fingerprint density at radius 3 is 2.52 bits per heavy atom. The molecule has 0 heterocycles. The lowest BCUT2D eigenvalue weighted by molar-refractivity contribution is -0.136. The van der Waals surface area contributed by atoms with Crippen molar-refractivity contribution in [2.24, 2.45) is 5.10 Å². The molecule has 23 heavy (non-hydrogen) atoms. The Balaban J connectivity index is 1.88. The number of hydrazone groups is 1. The molecule has 6 nitrogen and oxygen atoms in total. The summed E-state index contributed by atoms with van der Waals surface area (Å²) in [6.45, 7) is 0. The van der Waals surface area contributed by atoms with Gasteiger partial charge in [0, 0.05) is 5.69 Å². The van der Waals surface area contributed by atoms with Gasteiger partial charge >= 0.3 is 11.8 Å². The van der Waals surface area contributed by atoms with E-state index in [1.165, 1.54) is 24.4 Å². The lowest BCUT2D eigenvalue weighted by Crippen LogP contribution is -2.32. The number of amides is 2. The minimum Gasteiger partial charge on any atom is -0.497 e. The van der Waals surface area contributed by atoms with E-state index in [1.807, 2.05) is 0 Å². The van der Waals surface area contributed by atoms with Crippen molar-refractivity contribution in [3.05, 3.63) is 59.9 Å². The van der Waals surface area contributed by atoms with E-state index in [4.69, 9.17) is 4.74 Å². The minimum absolute atomic E-state index is 0.185. The molecule has 2 aromatic rings. The maximum Gasteiger partial charge on any atom is 0.329 e. The molecule has 0 bridgehead atoms. The molecule has 0 aliphatic carbocycles. The van der Waals surface area contributed by atoms with Gasteiger partial charge in [-0.25, -0.2) is 9.82 Å². The zero-order valence-corrected chi connectivity index (χ0v) is 12.2. The van der Waals surface area contributed by atoms with Crippen LogP contribution in [0.25, 0.3) is 0 Å². The Morgan fingerprint density at radius 1 is 1.13 bits per heavy atom. The molecular weight excluding hydrogens is 301 g/mol. The van der Waals surface area contributed by atoms with Crippen LogP contribution in [0.1, 0.15) is 5.56 Å². The fourth-order valence-corrected chi connectivity index (χ4v) is 1.66. The van der Waals surface area contributed by atoms with Gasteiger partial charge in [0.15, 0.2) is 0 Å². The molecule has 0 radical (unpaired) electrons. The lowest BCUT2D eigenvalue weighted by atomic mass is 10.2. The fourth-order valence-electron chi connectivity index (χ4n) is 1.66. The summed E-state index contributed by atoms with van der Waals surface area (Å²) < 4.78 is 18.0. The van der Waals surface area contributed by atoms with Crippen LogP contribution < -0.4 is 15.5 Å². The molecule has 118 valence electrons. The lowest BCUT2D eigenvalue weighted by Gasteiger charge is -2.03. The molecule has 2 rings (SSSR count). The van der Waals surface area contributed by atoms with E-state index in [-0.39, 0.29) is 5.69 Å². The average molecular weight is 315 g/mol. The Morgan fingerprint density at radius 2 is 1.87 bits per heavy atom. The highest BCUT2D eigenvalue weighted by Gasteiger charge is 2.12. The molecule has 0 aliphatic rings. The first kappa shape index (κ1) is 16.2. The zero-order chi connectivity index (χ0) is 16.7. The molecule has 0 fully saturated rings. The second-order valence-corrected chi connectivity index (χ2v) is 4.44. The molecule has 7 heteroatoms. The standard InChI is InChI=1S/C16H14FN3O3/c1-23-14-7-5-11(6-8-14)10-18-20-16(22)15(21)19-13-4-2-3-12(17)9-13/h2-10H,1H3,(H,19,21)(H,20,22)/b18-10+. The summed E-state index contributed by atoms with van der Waals surface area (Å²) in [7, 11) is 1.56. The molecule has 0 aromatic heterocycles. The first-order chi connectivity index (χ1) is 11.1. The van der Waals surface area contributed by atoms with Crippen molar-refractivity contribution in [2.75, 3.05) is 12.4 Å². The van der Waals surface area contributed by atoms with Crippen LogP contribution in [0.4, 0.5) is 10.1 Å². The van der Waals surface area contributed by atoms with Crippen LogP contribution >= 0.6 is 0 Å². The van der Waals surface area contributed by atoms with Crippen LogP contribution in [-0.2, 0) is 9.59 Å². The van der Waals surface area contributed by atoms with Gasteiger partial charge in [-0.3, -0.25) is 9.59 Å². The number of anilines is 1. The summed E-state index contributed by atoms with van der Waals surface area (Å²) in [6.07, 6.45) is 1.38. The van der Waals surface area contributed by atoms with E-state index in [2.05, 4.69) is 15.8 Å². The molecule has 2 N–H and O–H groups in total. The Bertz CT molecular complexity index is 730. The highest BCUT2D eigenvalue weighted by atomic mass is 19.1. The topological polar surface area (TPSA) is 79.8 Å². The molecule has 0 aliphatic heterocycles. The predicted molar refractivity (Wildman–Crippen MR) is 83.8 cm³/mol. The maximum absolute atomic E-state index is 13.0. The first-order valence-electron chi connectivity index (χ1n) is 6.62. The number of benzene rings is 2. The maximum atomic E-state index is 13.0. The van der Waals surface area contributed by atoms with Gasteiger partial charge in [0.2, 0.25) is 0 Å². The van der Waals surface area contributed by atoms with Crippen molar-refractivity contribution in [2.45, 2.75) is 0 Å². The van der Waals surface area contributed by atoms with Gasteiger partial charge in [0.1, 0.15) is 11.6 Å². The third-order valence-corrected chi connectivity index (χ3v) is 2.78. The second-order valence-electron chi connectivity index (χ2n) is 4.44. The van der Waals surface area contributed by atoms with Gasteiger partial charge in [-0.05, 0) is 48.0 Å². The summed E-state index contributed by atoms with van der Waals surface area (Å²) in [6, 6.07) is 12.2. The molecule has 2 amide bonds. The summed E-state index contributed by atoms with van der Waals surface area (Å²) in [4.78, 5) is 23.2. The summed E-state index contributed by atoms with van der Waals surface area (Å²) in [5.74, 6) is -1.72. The van der Waals surface area contributed by atoms with Crippen molar-refractivity contribution >= 4 is 23.7 Å². The zero-order valence-electron chi connectivity index (χ0n) is 12.2. The molecule has 0 saturated carbocycles. The highest BCUT2D eigenvalue weighted by molar-refractivity contribution is 6.39. The van der Waals surface area contributed by atoms with Gasteiger partial charge in [-0.1, -0.05) is 6.07 Å². The molecule has 2 aromatic carbocycles. The minimum atomic E-state index is -0.959. The number of nitrogens with one attached hydrogen (secondary N) is 2. The molecular formula is C16H14FN3O3. The van der Waals surface area contributed by atoms with E-state index < -0.39 is 17.6 Å². The summed E-state index contributed by atoms with van der Waals surface area (Å²) >= 11 is 0. The van der Waals surface area contributed by atoms with Crippen LogP contribution in [0.2, 0.25) is 0 Å². The normalized spacial score (nSPS) is 10.3. The van der Waals surface area contributed by atoms with Crippen LogP contribution in [0, 0.1) is 5.82 Å². The van der Waals surface area contributed by atoms with E-state index >= 15 is 0 Å². The first-order valence-corrected chi connectivity index (χ1v) is 6.62. The number of hydrogen-bond donors (Lipinski definition) is 2. The van der Waals surface area contributed by atoms with E-state index in [0.717, 1.165) is 11.6 Å². The number of ether oxygens (including phenoxy) is 1. The number of carbonyl (C=O) groups is 2. The second kappa shape index (κ2) is 7.69. The average Bonchev–Trinajstić information content (AvgIpc) is 2.55. The van der Waals surface area contributed by atoms with Crippen LogP contribution in [0.5, 0.6) is 5.75 Å². The molecule has 0 unspecified atom stereocenters. The van der Waals surface area contributed by atoms with Crippen molar-refractivity contribution in [3.63, 3.8) is 0 Å². The van der Waals surface area contributed by atoms with Crippen molar-refractivity contribution in [3.8, 4) is 5.75 Å². The van der Waals surface area contributed by atoms with E-state index in [9.17, 15) is 14.0 Å². The Hall–Kier alpha value is -3.22. The van der Waals surface area contributed by atoms with Crippen LogP contribution in [0.15, 0.2) is 53.6 Å². The third-order valence-electron chi connectivity index (χ3n) is 2.78. The highest BCUT2D eigenvalue weighted by Crippen LogP contribution is 2.10. The van der Waals surface area contributed by atoms with E-state index in [1.54, 1.807) is 31.4 Å². The number of halogens is 1. The van der Waals surface area contributed by atoms with Crippen LogP contribution in [0.3, 0.4) is 0 Å². The summed E-state index contributed by atoms with van der Waals surface area (Å²) in [5, 5.41) is 5.94. The number of nitrogens with zero attached hydrogens (tertiary/aromatic N) is 1. The smallest absolute Gasteiger partial charge is 0.329 e. The van der Waals surface area contributed by atoms with Gasteiger partial charge in [-0.15, -0.1) is 0 Å². The molecule has 0 atom stereocenters. The van der Waals surface area contributed by atoms with Gasteiger partial charge < -0.3 is 10.1 Å². The number of carbonyl (C=O) groups excluding carboxylic acids is 2. The van der Waals surface area contributed by atoms with Gasteiger partial charge in [0.25, 0.3) is 0 Å². The van der Waals surface area contributed by atoms with Gasteiger partial charge in [-0.2, -0.15) is 5.10 Å². The number of methoxy groups -OCH3 is 1. The molecule has 0 saturated heterocycles. The van der Waals surface area contributed by atoms with E-state index in [0.29, 0.717) is 5.75 Å². The summed E-state index contributed by atoms with van der Waals surface area (Å²) in [5.41, 5.74) is 2.99. The SMILES string of the molecule is COc1ccc(/C=N/NC(=O)C(=O)Nc2cccc(F)c2)cc1. The van der Waals surface area contributed by atoms with Gasteiger partial charge in [0.05, 0.1) is 13.3 Å². The Kier molecular flexibility index (Phi) is 5.40. The van der Waals surface area contributed by atoms with Crippen molar-refractivity contribution < 1.29 is 18.7 Å². The Labute approximate surface area is 132 Å². The predicted octanol–water partition coefficient (Wildman–Crippen LogP) is 1.92. The van der Waals surface area contributed by atoms with Crippen molar-refractivity contribution in [1.29, 1.82) is 0 Å².